The summed E-state index contributed by atoms with van der Waals surface area (Å²) in [4.78, 5) is 10.5. The van der Waals surface area contributed by atoms with E-state index in [0.717, 1.165) is 6.42 Å². The van der Waals surface area contributed by atoms with Crippen LogP contribution in [0.4, 0.5) is 0 Å². The SMILES string of the molecule is CCC(C)NC(=O)CN. The van der Waals surface area contributed by atoms with Gasteiger partial charge in [0, 0.05) is 6.04 Å². The second kappa shape index (κ2) is 4.32. The molecule has 0 radical (unpaired) electrons. The Morgan fingerprint density at radius 1 is 1.78 bits per heavy atom. The number of hydrogen-bond acceptors (Lipinski definition) is 2. The van der Waals surface area contributed by atoms with Gasteiger partial charge in [0.1, 0.15) is 0 Å². The van der Waals surface area contributed by atoms with Crippen LogP contribution in [0, 0.1) is 0 Å². The second-order valence-corrected chi connectivity index (χ2v) is 2.08. The van der Waals surface area contributed by atoms with Crippen molar-refractivity contribution in [3.8, 4) is 0 Å². The quantitative estimate of drug-likeness (QED) is 0.558. The third kappa shape index (κ3) is 3.97. The van der Waals surface area contributed by atoms with Crippen LogP contribution in [0.2, 0.25) is 0 Å². The molecule has 1 amide bonds. The summed E-state index contributed by atoms with van der Waals surface area (Å²) in [6.45, 7) is 4.05. The molecule has 0 aromatic heterocycles. The van der Waals surface area contributed by atoms with Crippen LogP contribution < -0.4 is 11.1 Å². The maximum Gasteiger partial charge on any atom is 0.233 e. The fraction of sp³-hybridized carbons (Fsp3) is 0.833. The van der Waals surface area contributed by atoms with E-state index in [2.05, 4.69) is 5.32 Å². The third-order valence-electron chi connectivity index (χ3n) is 1.21. The second-order valence-electron chi connectivity index (χ2n) is 2.08. The van der Waals surface area contributed by atoms with E-state index in [9.17, 15) is 4.79 Å². The molecule has 0 aromatic carbocycles. The van der Waals surface area contributed by atoms with Crippen LogP contribution >= 0.6 is 0 Å². The Morgan fingerprint density at radius 3 is 2.67 bits per heavy atom. The predicted octanol–water partition coefficient (Wildman–Crippen LogP) is -0.140. The summed E-state index contributed by atoms with van der Waals surface area (Å²) < 4.78 is 0. The summed E-state index contributed by atoms with van der Waals surface area (Å²) in [7, 11) is 0. The average Bonchev–Trinajstić information content (AvgIpc) is 1.87. The molecule has 9 heavy (non-hydrogen) atoms. The lowest BCUT2D eigenvalue weighted by molar-refractivity contribution is -0.120. The lowest BCUT2D eigenvalue weighted by Crippen LogP contribution is -2.36. The van der Waals surface area contributed by atoms with Gasteiger partial charge in [-0.2, -0.15) is 0 Å². The molecule has 0 heterocycles. The van der Waals surface area contributed by atoms with E-state index >= 15 is 0 Å². The van der Waals surface area contributed by atoms with Crippen molar-refractivity contribution < 1.29 is 4.79 Å². The van der Waals surface area contributed by atoms with Crippen molar-refractivity contribution in [2.75, 3.05) is 6.54 Å². The molecule has 3 N–H and O–H groups in total. The number of carbonyl (C=O) groups is 1. The zero-order chi connectivity index (χ0) is 7.28. The van der Waals surface area contributed by atoms with E-state index < -0.39 is 0 Å². The van der Waals surface area contributed by atoms with Crippen molar-refractivity contribution in [2.45, 2.75) is 26.3 Å². The van der Waals surface area contributed by atoms with Gasteiger partial charge in [-0.3, -0.25) is 4.79 Å². The lowest BCUT2D eigenvalue weighted by Gasteiger charge is -2.08. The van der Waals surface area contributed by atoms with Crippen LogP contribution in [0.5, 0.6) is 0 Å². The summed E-state index contributed by atoms with van der Waals surface area (Å²) in [5.74, 6) is -0.0793. The molecule has 0 saturated carbocycles. The summed E-state index contributed by atoms with van der Waals surface area (Å²) in [6, 6.07) is 0.251. The molecule has 0 aliphatic carbocycles. The van der Waals surface area contributed by atoms with Crippen LogP contribution in [-0.2, 0) is 4.79 Å². The molecule has 3 nitrogen and oxygen atoms in total. The topological polar surface area (TPSA) is 55.1 Å². The minimum atomic E-state index is -0.0793. The van der Waals surface area contributed by atoms with Gasteiger partial charge >= 0.3 is 0 Å². The summed E-state index contributed by atoms with van der Waals surface area (Å²) >= 11 is 0. The minimum absolute atomic E-state index is 0.0793. The Bertz CT molecular complexity index is 93.1. The van der Waals surface area contributed by atoms with E-state index in [1.165, 1.54) is 0 Å². The Kier molecular flexibility index (Phi) is 4.05. The van der Waals surface area contributed by atoms with Crippen molar-refractivity contribution in [1.82, 2.24) is 5.32 Å². The first-order chi connectivity index (χ1) is 4.20. The van der Waals surface area contributed by atoms with E-state index in [1.807, 2.05) is 13.8 Å². The molecule has 1 atom stereocenters. The Hall–Kier alpha value is -0.570. The van der Waals surface area contributed by atoms with Crippen LogP contribution in [0.15, 0.2) is 0 Å². The largest absolute Gasteiger partial charge is 0.353 e. The summed E-state index contributed by atoms with van der Waals surface area (Å²) in [6.07, 6.45) is 0.950. The molecule has 54 valence electrons. The minimum Gasteiger partial charge on any atom is -0.353 e. The summed E-state index contributed by atoms with van der Waals surface area (Å²) in [5, 5.41) is 2.72. The van der Waals surface area contributed by atoms with Gasteiger partial charge in [0.05, 0.1) is 6.54 Å². The molecule has 0 aliphatic rings. The van der Waals surface area contributed by atoms with Crippen molar-refractivity contribution in [3.63, 3.8) is 0 Å². The van der Waals surface area contributed by atoms with Gasteiger partial charge in [-0.05, 0) is 13.3 Å². The zero-order valence-electron chi connectivity index (χ0n) is 5.98. The number of amides is 1. The molecule has 0 aromatic rings. The number of hydrogen-bond donors (Lipinski definition) is 2. The molecule has 0 fully saturated rings. The molecule has 0 spiro atoms. The number of carbonyl (C=O) groups excluding carboxylic acids is 1. The van der Waals surface area contributed by atoms with E-state index in [1.54, 1.807) is 0 Å². The molecule has 0 saturated heterocycles. The molecule has 0 bridgehead atoms. The van der Waals surface area contributed by atoms with Gasteiger partial charge in [0.25, 0.3) is 0 Å². The van der Waals surface area contributed by atoms with Crippen LogP contribution in [0.3, 0.4) is 0 Å². The monoisotopic (exact) mass is 130 g/mol. The fourth-order valence-corrected chi connectivity index (χ4v) is 0.436. The molecule has 0 rings (SSSR count). The van der Waals surface area contributed by atoms with Crippen LogP contribution in [-0.4, -0.2) is 18.5 Å². The number of nitrogens with two attached hydrogens (primary N) is 1. The third-order valence-corrected chi connectivity index (χ3v) is 1.21. The maximum atomic E-state index is 10.5. The Balaban J connectivity index is 3.34. The highest BCUT2D eigenvalue weighted by atomic mass is 16.1. The Morgan fingerprint density at radius 2 is 2.33 bits per heavy atom. The molecular formula is C6H14N2O. The highest BCUT2D eigenvalue weighted by Gasteiger charge is 2.00. The van der Waals surface area contributed by atoms with Gasteiger partial charge in [0.15, 0.2) is 0 Å². The summed E-state index contributed by atoms with van der Waals surface area (Å²) in [5.41, 5.74) is 5.06. The first-order valence-electron chi connectivity index (χ1n) is 3.20. The molecule has 3 heteroatoms. The van der Waals surface area contributed by atoms with Crippen LogP contribution in [0.25, 0.3) is 0 Å². The number of nitrogens with one attached hydrogen (secondary N) is 1. The van der Waals surface area contributed by atoms with Gasteiger partial charge < -0.3 is 11.1 Å². The smallest absolute Gasteiger partial charge is 0.233 e. The average molecular weight is 130 g/mol. The highest BCUT2D eigenvalue weighted by molar-refractivity contribution is 5.77. The standard InChI is InChI=1S/C6H14N2O/c1-3-5(2)8-6(9)4-7/h5H,3-4,7H2,1-2H3,(H,8,9). The molecular weight excluding hydrogens is 116 g/mol. The van der Waals surface area contributed by atoms with Gasteiger partial charge in [-0.15, -0.1) is 0 Å². The van der Waals surface area contributed by atoms with E-state index in [4.69, 9.17) is 5.73 Å². The molecule has 1 unspecified atom stereocenters. The first kappa shape index (κ1) is 8.43. The molecule has 0 aliphatic heterocycles. The predicted molar refractivity (Wildman–Crippen MR) is 37.0 cm³/mol. The van der Waals surface area contributed by atoms with E-state index in [0.29, 0.717) is 0 Å². The van der Waals surface area contributed by atoms with Crippen molar-refractivity contribution >= 4 is 5.91 Å². The van der Waals surface area contributed by atoms with Gasteiger partial charge in [-0.25, -0.2) is 0 Å². The van der Waals surface area contributed by atoms with Gasteiger partial charge in [0.2, 0.25) is 5.91 Å². The van der Waals surface area contributed by atoms with E-state index in [-0.39, 0.29) is 18.5 Å². The van der Waals surface area contributed by atoms with Crippen molar-refractivity contribution in [2.24, 2.45) is 5.73 Å². The zero-order valence-corrected chi connectivity index (χ0v) is 5.98. The Labute approximate surface area is 55.6 Å². The first-order valence-corrected chi connectivity index (χ1v) is 3.20. The van der Waals surface area contributed by atoms with Crippen molar-refractivity contribution in [1.29, 1.82) is 0 Å². The van der Waals surface area contributed by atoms with Crippen LogP contribution in [0.1, 0.15) is 20.3 Å². The normalized spacial score (nSPS) is 12.8. The highest BCUT2D eigenvalue weighted by Crippen LogP contribution is 1.85. The van der Waals surface area contributed by atoms with Gasteiger partial charge in [-0.1, -0.05) is 6.92 Å². The lowest BCUT2D eigenvalue weighted by atomic mass is 10.2. The number of rotatable bonds is 3. The van der Waals surface area contributed by atoms with Crippen molar-refractivity contribution in [3.05, 3.63) is 0 Å². The maximum absolute atomic E-state index is 10.5. The fourth-order valence-electron chi connectivity index (χ4n) is 0.436.